The van der Waals surface area contributed by atoms with Gasteiger partial charge in [0, 0.05) is 25.2 Å². The fourth-order valence-electron chi connectivity index (χ4n) is 2.54. The first kappa shape index (κ1) is 20.2. The lowest BCUT2D eigenvalue weighted by atomic mass is 10.1. The summed E-state index contributed by atoms with van der Waals surface area (Å²) in [5, 5.41) is 17.3. The minimum atomic E-state index is -0.402. The number of aliphatic imine (C=N–C) groups is 1. The highest BCUT2D eigenvalue weighted by Crippen LogP contribution is 2.17. The van der Waals surface area contributed by atoms with Crippen LogP contribution in [0.1, 0.15) is 24.5 Å². The Morgan fingerprint density at radius 3 is 2.48 bits per heavy atom. The molecule has 0 unspecified atom stereocenters. The number of para-hydroxylation sites is 1. The van der Waals surface area contributed by atoms with Crippen LogP contribution in [0, 0.1) is 10.1 Å². The maximum atomic E-state index is 10.7. The highest BCUT2D eigenvalue weighted by atomic mass is 16.6. The normalized spacial score (nSPS) is 11.1. The second-order valence-corrected chi connectivity index (χ2v) is 6.00. The predicted molar refractivity (Wildman–Crippen MR) is 107 cm³/mol. The zero-order valence-corrected chi connectivity index (χ0v) is 15.8. The van der Waals surface area contributed by atoms with Crippen LogP contribution < -0.4 is 15.4 Å². The molecule has 2 aromatic rings. The monoisotopic (exact) mass is 370 g/mol. The van der Waals surface area contributed by atoms with Crippen LogP contribution >= 0.6 is 0 Å². The molecule has 7 heteroatoms. The second-order valence-electron chi connectivity index (χ2n) is 6.00. The van der Waals surface area contributed by atoms with E-state index in [0.29, 0.717) is 6.54 Å². The standard InChI is InChI=1S/C20H26N4O3/c1-3-13-21-20(22-14-12-17-6-4-5-7-19(17)27-2)23-15-16-8-10-18(11-9-16)24(25)26/h4-11H,3,12-15H2,1-2H3,(H2,21,22,23). The van der Waals surface area contributed by atoms with Gasteiger partial charge in [-0.2, -0.15) is 0 Å². The number of nitrogens with zero attached hydrogens (tertiary/aromatic N) is 2. The first-order chi connectivity index (χ1) is 13.1. The maximum Gasteiger partial charge on any atom is 0.269 e. The number of benzene rings is 2. The molecule has 0 saturated heterocycles. The first-order valence-electron chi connectivity index (χ1n) is 9.01. The quantitative estimate of drug-likeness (QED) is 0.306. The minimum absolute atomic E-state index is 0.0852. The van der Waals surface area contributed by atoms with Gasteiger partial charge in [-0.05, 0) is 30.0 Å². The van der Waals surface area contributed by atoms with Gasteiger partial charge in [0.1, 0.15) is 5.75 Å². The van der Waals surface area contributed by atoms with E-state index in [1.54, 1.807) is 19.2 Å². The van der Waals surface area contributed by atoms with Crippen molar-refractivity contribution < 1.29 is 9.66 Å². The lowest BCUT2D eigenvalue weighted by molar-refractivity contribution is -0.384. The van der Waals surface area contributed by atoms with Crippen LogP contribution in [0.2, 0.25) is 0 Å². The fraction of sp³-hybridized carbons (Fsp3) is 0.350. The van der Waals surface area contributed by atoms with Crippen LogP contribution in [0.5, 0.6) is 5.75 Å². The highest BCUT2D eigenvalue weighted by molar-refractivity contribution is 5.79. The number of non-ortho nitro benzene ring substituents is 1. The number of hydrogen-bond acceptors (Lipinski definition) is 4. The zero-order valence-electron chi connectivity index (χ0n) is 15.8. The van der Waals surface area contributed by atoms with Gasteiger partial charge in [-0.3, -0.25) is 10.1 Å². The van der Waals surface area contributed by atoms with Gasteiger partial charge in [0.2, 0.25) is 0 Å². The fourth-order valence-corrected chi connectivity index (χ4v) is 2.54. The summed E-state index contributed by atoms with van der Waals surface area (Å²) in [4.78, 5) is 14.9. The lowest BCUT2D eigenvalue weighted by Crippen LogP contribution is -2.38. The van der Waals surface area contributed by atoms with Crippen LogP contribution in [0.15, 0.2) is 53.5 Å². The van der Waals surface area contributed by atoms with Gasteiger partial charge >= 0.3 is 0 Å². The molecule has 0 aliphatic carbocycles. The third kappa shape index (κ3) is 6.62. The molecule has 0 aliphatic rings. The molecule has 0 spiro atoms. The van der Waals surface area contributed by atoms with Gasteiger partial charge in [0.25, 0.3) is 5.69 Å². The summed E-state index contributed by atoms with van der Waals surface area (Å²) in [6.07, 6.45) is 1.80. The number of methoxy groups -OCH3 is 1. The molecule has 2 N–H and O–H groups in total. The summed E-state index contributed by atoms with van der Waals surface area (Å²) in [5.41, 5.74) is 2.14. The Bertz CT molecular complexity index is 760. The minimum Gasteiger partial charge on any atom is -0.496 e. The van der Waals surface area contributed by atoms with E-state index in [1.807, 2.05) is 24.3 Å². The number of nitro benzene ring substituents is 1. The van der Waals surface area contributed by atoms with Crippen molar-refractivity contribution >= 4 is 11.6 Å². The van der Waals surface area contributed by atoms with E-state index in [1.165, 1.54) is 12.1 Å². The molecule has 2 aromatic carbocycles. The van der Waals surface area contributed by atoms with Crippen molar-refractivity contribution in [2.45, 2.75) is 26.3 Å². The van der Waals surface area contributed by atoms with E-state index in [9.17, 15) is 10.1 Å². The Morgan fingerprint density at radius 2 is 1.81 bits per heavy atom. The molecule has 0 atom stereocenters. The average molecular weight is 370 g/mol. The lowest BCUT2D eigenvalue weighted by Gasteiger charge is -2.13. The Labute approximate surface area is 159 Å². The Kier molecular flexibility index (Phi) is 8.09. The van der Waals surface area contributed by atoms with Crippen LogP contribution in [0.3, 0.4) is 0 Å². The van der Waals surface area contributed by atoms with Gasteiger partial charge < -0.3 is 15.4 Å². The summed E-state index contributed by atoms with van der Waals surface area (Å²) < 4.78 is 5.38. The molecular weight excluding hydrogens is 344 g/mol. The van der Waals surface area contributed by atoms with Crippen LogP contribution in [-0.2, 0) is 13.0 Å². The van der Waals surface area contributed by atoms with E-state index in [0.717, 1.165) is 48.8 Å². The number of rotatable bonds is 9. The maximum absolute atomic E-state index is 10.7. The SMILES string of the molecule is CCCNC(=NCc1ccc([N+](=O)[O-])cc1)NCCc1ccccc1OC. The number of nitrogens with one attached hydrogen (secondary N) is 2. The summed E-state index contributed by atoms with van der Waals surface area (Å²) in [6.45, 7) is 4.08. The predicted octanol–water partition coefficient (Wildman–Crippen LogP) is 3.29. The van der Waals surface area contributed by atoms with E-state index in [2.05, 4.69) is 22.5 Å². The largest absolute Gasteiger partial charge is 0.496 e. The van der Waals surface area contributed by atoms with Crippen molar-refractivity contribution in [1.29, 1.82) is 0 Å². The third-order valence-electron chi connectivity index (χ3n) is 3.99. The van der Waals surface area contributed by atoms with E-state index >= 15 is 0 Å². The molecule has 144 valence electrons. The molecule has 0 aliphatic heterocycles. The second kappa shape index (κ2) is 10.8. The zero-order chi connectivity index (χ0) is 19.5. The van der Waals surface area contributed by atoms with Gasteiger partial charge in [0.05, 0.1) is 18.6 Å². The average Bonchev–Trinajstić information content (AvgIpc) is 2.70. The van der Waals surface area contributed by atoms with Gasteiger partial charge in [0.15, 0.2) is 5.96 Å². The smallest absolute Gasteiger partial charge is 0.269 e. The van der Waals surface area contributed by atoms with Crippen LogP contribution in [-0.4, -0.2) is 31.1 Å². The summed E-state index contributed by atoms with van der Waals surface area (Å²) >= 11 is 0. The molecule has 0 radical (unpaired) electrons. The Morgan fingerprint density at radius 1 is 1.11 bits per heavy atom. The van der Waals surface area contributed by atoms with Crippen LogP contribution in [0.4, 0.5) is 5.69 Å². The Balaban J connectivity index is 1.95. The van der Waals surface area contributed by atoms with Crippen molar-refractivity contribution in [2.24, 2.45) is 4.99 Å². The number of ether oxygens (including phenoxy) is 1. The van der Waals surface area contributed by atoms with E-state index in [4.69, 9.17) is 4.74 Å². The van der Waals surface area contributed by atoms with Crippen molar-refractivity contribution in [3.05, 3.63) is 69.8 Å². The van der Waals surface area contributed by atoms with Crippen LogP contribution in [0.25, 0.3) is 0 Å². The number of hydrogen-bond donors (Lipinski definition) is 2. The summed E-state index contributed by atoms with van der Waals surface area (Å²) in [5.74, 6) is 1.61. The highest BCUT2D eigenvalue weighted by Gasteiger charge is 2.05. The molecule has 0 heterocycles. The van der Waals surface area contributed by atoms with Gasteiger partial charge in [-0.1, -0.05) is 37.3 Å². The third-order valence-corrected chi connectivity index (χ3v) is 3.99. The van der Waals surface area contributed by atoms with E-state index < -0.39 is 4.92 Å². The van der Waals surface area contributed by atoms with Crippen molar-refractivity contribution in [3.63, 3.8) is 0 Å². The molecule has 0 saturated carbocycles. The molecule has 2 rings (SSSR count). The molecular formula is C20H26N4O3. The molecule has 0 aromatic heterocycles. The molecule has 7 nitrogen and oxygen atoms in total. The number of nitro groups is 1. The summed E-state index contributed by atoms with van der Waals surface area (Å²) in [7, 11) is 1.67. The van der Waals surface area contributed by atoms with Gasteiger partial charge in [-0.15, -0.1) is 0 Å². The van der Waals surface area contributed by atoms with Gasteiger partial charge in [-0.25, -0.2) is 4.99 Å². The van der Waals surface area contributed by atoms with Crippen molar-refractivity contribution in [3.8, 4) is 5.75 Å². The molecule has 0 bridgehead atoms. The summed E-state index contributed by atoms with van der Waals surface area (Å²) in [6, 6.07) is 14.4. The van der Waals surface area contributed by atoms with Crippen molar-refractivity contribution in [1.82, 2.24) is 10.6 Å². The Hall–Kier alpha value is -3.09. The number of guanidine groups is 1. The first-order valence-corrected chi connectivity index (χ1v) is 9.01. The molecule has 0 fully saturated rings. The molecule has 0 amide bonds. The van der Waals surface area contributed by atoms with E-state index in [-0.39, 0.29) is 5.69 Å². The van der Waals surface area contributed by atoms with Crippen molar-refractivity contribution in [2.75, 3.05) is 20.2 Å². The topological polar surface area (TPSA) is 88.8 Å². The molecule has 27 heavy (non-hydrogen) atoms.